The Bertz CT molecular complexity index is 1150. The highest BCUT2D eigenvalue weighted by atomic mass is 19.4. The summed E-state index contributed by atoms with van der Waals surface area (Å²) in [7, 11) is 0. The van der Waals surface area contributed by atoms with Gasteiger partial charge in [0.05, 0.1) is 17.5 Å². The number of fused-ring (bicyclic) bond motifs is 2. The Morgan fingerprint density at radius 1 is 1.17 bits per heavy atom. The molecular weight excluding hydrogens is 400 g/mol. The summed E-state index contributed by atoms with van der Waals surface area (Å²) in [4.78, 5) is 8.87. The van der Waals surface area contributed by atoms with E-state index in [-0.39, 0.29) is 17.0 Å². The smallest absolute Gasteiger partial charge is 0.433 e. The highest BCUT2D eigenvalue weighted by molar-refractivity contribution is 6.18. The molecule has 9 heteroatoms. The number of halogens is 4. The average molecular weight is 420 g/mol. The van der Waals surface area contributed by atoms with Crippen molar-refractivity contribution in [3.63, 3.8) is 0 Å². The van der Waals surface area contributed by atoms with E-state index in [1.165, 1.54) is 25.3 Å². The van der Waals surface area contributed by atoms with Crippen LogP contribution in [0.2, 0.25) is 0 Å². The number of aromatic nitrogens is 3. The summed E-state index contributed by atoms with van der Waals surface area (Å²) in [5.74, 6) is -0.525. The normalized spacial score (nSPS) is 18.8. The van der Waals surface area contributed by atoms with Gasteiger partial charge in [0.15, 0.2) is 28.6 Å². The van der Waals surface area contributed by atoms with Crippen LogP contribution in [0.4, 0.5) is 17.6 Å². The second-order valence-corrected chi connectivity index (χ2v) is 7.54. The maximum atomic E-state index is 14.6. The molecule has 30 heavy (non-hydrogen) atoms. The Morgan fingerprint density at radius 2 is 1.93 bits per heavy atom. The molecule has 0 saturated heterocycles. The Labute approximate surface area is 170 Å². The molecule has 4 rings (SSSR count). The molecule has 0 saturated carbocycles. The van der Waals surface area contributed by atoms with Crippen molar-refractivity contribution in [2.45, 2.75) is 51.9 Å². The zero-order valence-corrected chi connectivity index (χ0v) is 16.7. The van der Waals surface area contributed by atoms with Crippen molar-refractivity contribution in [1.82, 2.24) is 14.6 Å². The van der Waals surface area contributed by atoms with E-state index in [0.717, 1.165) is 23.6 Å². The van der Waals surface area contributed by atoms with E-state index in [4.69, 9.17) is 9.73 Å². The molecule has 3 aromatic rings. The molecule has 1 atom stereocenters. The van der Waals surface area contributed by atoms with Gasteiger partial charge in [-0.05, 0) is 38.0 Å². The van der Waals surface area contributed by atoms with Crippen LogP contribution in [0.3, 0.4) is 0 Å². The molecule has 0 fully saturated rings. The van der Waals surface area contributed by atoms with Crippen LogP contribution in [0, 0.1) is 12.7 Å². The van der Waals surface area contributed by atoms with Crippen molar-refractivity contribution in [2.75, 3.05) is 0 Å². The van der Waals surface area contributed by atoms with Crippen LogP contribution in [0.25, 0.3) is 5.65 Å². The third kappa shape index (κ3) is 3.32. The minimum Gasteiger partial charge on any atom is -0.463 e. The van der Waals surface area contributed by atoms with Crippen molar-refractivity contribution < 1.29 is 22.3 Å². The van der Waals surface area contributed by atoms with Gasteiger partial charge in [-0.1, -0.05) is 19.4 Å². The van der Waals surface area contributed by atoms with Crippen LogP contribution in [0.5, 0.6) is 5.75 Å². The Kier molecular flexibility index (Phi) is 4.79. The molecule has 1 aliphatic heterocycles. The van der Waals surface area contributed by atoms with Crippen LogP contribution >= 0.6 is 0 Å². The van der Waals surface area contributed by atoms with Crippen molar-refractivity contribution in [2.24, 2.45) is 4.99 Å². The molecule has 2 aromatic heterocycles. The van der Waals surface area contributed by atoms with E-state index in [2.05, 4.69) is 10.1 Å². The van der Waals surface area contributed by atoms with Crippen molar-refractivity contribution in [1.29, 1.82) is 0 Å². The Hall–Kier alpha value is -2.97. The van der Waals surface area contributed by atoms with E-state index in [0.29, 0.717) is 23.3 Å². The second-order valence-electron chi connectivity index (χ2n) is 7.54. The van der Waals surface area contributed by atoms with Gasteiger partial charge in [0.25, 0.3) is 0 Å². The number of alkyl halides is 3. The van der Waals surface area contributed by atoms with Crippen LogP contribution in [-0.4, -0.2) is 26.0 Å². The third-order valence-corrected chi connectivity index (χ3v) is 5.12. The second kappa shape index (κ2) is 7.07. The highest BCUT2D eigenvalue weighted by Crippen LogP contribution is 2.38. The molecule has 0 N–H and O–H groups in total. The van der Waals surface area contributed by atoms with Gasteiger partial charge in [0.1, 0.15) is 0 Å². The van der Waals surface area contributed by atoms with Crippen LogP contribution in [0.15, 0.2) is 35.6 Å². The number of unbranched alkanes of at least 4 members (excludes halogenated alkanes) is 1. The molecule has 3 heterocycles. The summed E-state index contributed by atoms with van der Waals surface area (Å²) in [6.07, 6.45) is 0.0516. The molecule has 5 nitrogen and oxygen atoms in total. The predicted octanol–water partition coefficient (Wildman–Crippen LogP) is 5.33. The first kappa shape index (κ1) is 20.3. The maximum absolute atomic E-state index is 14.6. The number of benzene rings is 1. The summed E-state index contributed by atoms with van der Waals surface area (Å²) in [6, 6.07) is 4.41. The molecule has 0 aliphatic carbocycles. The molecule has 1 unspecified atom stereocenters. The molecule has 158 valence electrons. The summed E-state index contributed by atoms with van der Waals surface area (Å²) in [5, 5.41) is 3.95. The molecule has 1 aliphatic rings. The van der Waals surface area contributed by atoms with Gasteiger partial charge in [-0.25, -0.2) is 18.9 Å². The topological polar surface area (TPSA) is 51.8 Å². The molecule has 1 aromatic carbocycles. The summed E-state index contributed by atoms with van der Waals surface area (Å²) < 4.78 is 62.0. The average Bonchev–Trinajstić information content (AvgIpc) is 3.09. The summed E-state index contributed by atoms with van der Waals surface area (Å²) in [6.45, 7) is 5.08. The monoisotopic (exact) mass is 420 g/mol. The van der Waals surface area contributed by atoms with Crippen LogP contribution in [0.1, 0.15) is 55.5 Å². The standard InChI is InChI=1S/C21H20F4N4O/c1-4-5-9-20(3)28-16(13-7-6-8-15(22)17(13)30-20)14-11-27-29-18(21(23,24)25)12(2)10-26-19(14)29/h6-8,10-11H,4-5,9H2,1-3H3. The van der Waals surface area contributed by atoms with E-state index in [1.807, 2.05) is 6.92 Å². The largest absolute Gasteiger partial charge is 0.463 e. The Morgan fingerprint density at radius 3 is 2.63 bits per heavy atom. The number of aryl methyl sites for hydroxylation is 1. The van der Waals surface area contributed by atoms with E-state index in [9.17, 15) is 17.6 Å². The Balaban J connectivity index is 1.96. The number of hydrogen-bond acceptors (Lipinski definition) is 4. The van der Waals surface area contributed by atoms with Gasteiger partial charge in [0.2, 0.25) is 0 Å². The minimum atomic E-state index is -4.61. The first-order chi connectivity index (χ1) is 14.1. The quantitative estimate of drug-likeness (QED) is 0.536. The molecule has 0 radical (unpaired) electrons. The highest BCUT2D eigenvalue weighted by Gasteiger charge is 2.39. The minimum absolute atomic E-state index is 0.00151. The van der Waals surface area contributed by atoms with Gasteiger partial charge in [-0.3, -0.25) is 0 Å². The fraction of sp³-hybridized carbons (Fsp3) is 0.381. The molecular formula is C21H20F4N4O. The number of hydrogen-bond donors (Lipinski definition) is 0. The summed E-state index contributed by atoms with van der Waals surface area (Å²) in [5.41, 5.74) is -1.03. The molecule has 0 bridgehead atoms. The first-order valence-corrected chi connectivity index (χ1v) is 9.63. The fourth-order valence-electron chi connectivity index (χ4n) is 3.68. The van der Waals surface area contributed by atoms with Gasteiger partial charge in [-0.2, -0.15) is 18.3 Å². The lowest BCUT2D eigenvalue weighted by atomic mass is 9.98. The third-order valence-electron chi connectivity index (χ3n) is 5.12. The molecule has 0 spiro atoms. The van der Waals surface area contributed by atoms with Crippen molar-refractivity contribution in [3.8, 4) is 5.75 Å². The molecule has 0 amide bonds. The lowest BCUT2D eigenvalue weighted by Crippen LogP contribution is -2.36. The summed E-state index contributed by atoms with van der Waals surface area (Å²) >= 11 is 0. The van der Waals surface area contributed by atoms with E-state index in [1.54, 1.807) is 13.0 Å². The van der Waals surface area contributed by atoms with Gasteiger partial charge in [-0.15, -0.1) is 0 Å². The van der Waals surface area contributed by atoms with Gasteiger partial charge >= 0.3 is 6.18 Å². The lowest BCUT2D eigenvalue weighted by Gasteiger charge is -2.33. The van der Waals surface area contributed by atoms with Crippen molar-refractivity contribution in [3.05, 3.63) is 58.8 Å². The van der Waals surface area contributed by atoms with E-state index >= 15 is 0 Å². The van der Waals surface area contributed by atoms with Gasteiger partial charge < -0.3 is 4.74 Å². The number of ether oxygens (including phenoxy) is 1. The van der Waals surface area contributed by atoms with Crippen LogP contribution in [-0.2, 0) is 6.18 Å². The number of nitrogens with zero attached hydrogens (tertiary/aromatic N) is 4. The SMILES string of the molecule is CCCCC1(C)N=C(c2cnn3c(C(F)(F)F)c(C)cnc23)c2cccc(F)c2O1. The van der Waals surface area contributed by atoms with Crippen molar-refractivity contribution >= 4 is 11.4 Å². The zero-order valence-electron chi connectivity index (χ0n) is 16.7. The van der Waals surface area contributed by atoms with Gasteiger partial charge in [0, 0.05) is 18.2 Å². The van der Waals surface area contributed by atoms with Crippen LogP contribution < -0.4 is 4.74 Å². The lowest BCUT2D eigenvalue weighted by molar-refractivity contribution is -0.143. The number of aliphatic imine (C=N–C) groups is 1. The predicted molar refractivity (Wildman–Crippen MR) is 103 cm³/mol. The zero-order chi connectivity index (χ0) is 21.7. The maximum Gasteiger partial charge on any atom is 0.433 e. The fourth-order valence-corrected chi connectivity index (χ4v) is 3.68. The number of para-hydroxylation sites is 1. The first-order valence-electron chi connectivity index (χ1n) is 9.63. The number of rotatable bonds is 4. The van der Waals surface area contributed by atoms with E-state index < -0.39 is 23.4 Å².